The first kappa shape index (κ1) is 19.0. The van der Waals surface area contributed by atoms with Crippen molar-refractivity contribution in [3.8, 4) is 0 Å². The summed E-state index contributed by atoms with van der Waals surface area (Å²) in [4.78, 5) is 0. The fourth-order valence-electron chi connectivity index (χ4n) is 1.21. The Morgan fingerprint density at radius 2 is 0.917 bits per heavy atom. The first-order valence-electron chi connectivity index (χ1n) is 4.91. The van der Waals surface area contributed by atoms with E-state index < -0.39 is 0 Å². The molecule has 0 saturated carbocycles. The second kappa shape index (κ2) is 18.2. The summed E-state index contributed by atoms with van der Waals surface area (Å²) in [5.74, 6) is 0. The molecule has 0 radical (unpaired) electrons. The molecule has 0 bridgehead atoms. The maximum absolute atomic E-state index is 2.27. The summed E-state index contributed by atoms with van der Waals surface area (Å²) in [7, 11) is 0. The molecule has 0 spiro atoms. The summed E-state index contributed by atoms with van der Waals surface area (Å²) in [6.07, 6.45) is 11.5. The quantitative estimate of drug-likeness (QED) is 0.403. The third-order valence-corrected chi connectivity index (χ3v) is 1.96. The van der Waals surface area contributed by atoms with E-state index in [1.54, 1.807) is 0 Å². The van der Waals surface area contributed by atoms with Gasteiger partial charge in [-0.05, 0) is 0 Å². The van der Waals surface area contributed by atoms with Crippen LogP contribution >= 0.6 is 0 Å². The zero-order chi connectivity index (χ0) is 7.66. The Labute approximate surface area is 111 Å². The average molecular weight is 177 g/mol. The normalized spacial score (nSPS) is 8.50. The fourth-order valence-corrected chi connectivity index (χ4v) is 1.21. The average Bonchev–Trinajstić information content (AvgIpc) is 1.97. The van der Waals surface area contributed by atoms with Crippen LogP contribution in [0.25, 0.3) is 0 Å². The van der Waals surface area contributed by atoms with Gasteiger partial charge in [-0.3, -0.25) is 0 Å². The molecule has 0 fully saturated rings. The van der Waals surface area contributed by atoms with E-state index >= 15 is 0 Å². The molecule has 0 nitrogen and oxygen atoms in total. The minimum Gasteiger partial charge on any atom is -1.00 e. The SMILES string of the molecule is CCCCCCCCCC.[H-].[H-].[H-].[Li+].[Mg+2]. The van der Waals surface area contributed by atoms with Crippen molar-refractivity contribution < 1.29 is 23.1 Å². The number of hydrogen-bond acceptors (Lipinski definition) is 0. The molecule has 0 aromatic heterocycles. The van der Waals surface area contributed by atoms with Gasteiger partial charge < -0.3 is 4.28 Å². The summed E-state index contributed by atoms with van der Waals surface area (Å²) in [6, 6.07) is 0. The molecule has 0 aliphatic heterocycles. The molecule has 0 heterocycles. The molecule has 0 aliphatic carbocycles. The van der Waals surface area contributed by atoms with E-state index in [2.05, 4.69) is 13.8 Å². The van der Waals surface area contributed by atoms with Crippen LogP contribution in [-0.4, -0.2) is 23.1 Å². The van der Waals surface area contributed by atoms with Gasteiger partial charge in [0.15, 0.2) is 0 Å². The first-order chi connectivity index (χ1) is 4.91. The van der Waals surface area contributed by atoms with Gasteiger partial charge in [-0.1, -0.05) is 65.2 Å². The molecule has 0 atom stereocenters. The van der Waals surface area contributed by atoms with Gasteiger partial charge in [0.25, 0.3) is 0 Å². The maximum atomic E-state index is 2.27. The van der Waals surface area contributed by atoms with Crippen molar-refractivity contribution in [2.75, 3.05) is 0 Å². The zero-order valence-corrected chi connectivity index (χ0v) is 10.8. The van der Waals surface area contributed by atoms with E-state index in [0.29, 0.717) is 0 Å². The second-order valence-electron chi connectivity index (χ2n) is 3.12. The summed E-state index contributed by atoms with van der Waals surface area (Å²) >= 11 is 0. The van der Waals surface area contributed by atoms with Gasteiger partial charge in [-0.2, -0.15) is 0 Å². The van der Waals surface area contributed by atoms with Crippen molar-refractivity contribution >= 4 is 23.1 Å². The molecule has 0 unspecified atom stereocenters. The van der Waals surface area contributed by atoms with E-state index in [9.17, 15) is 0 Å². The molecule has 0 aromatic rings. The summed E-state index contributed by atoms with van der Waals surface area (Å²) in [6.45, 7) is 4.54. The zero-order valence-electron chi connectivity index (χ0n) is 12.4. The van der Waals surface area contributed by atoms with Crippen molar-refractivity contribution in [3.05, 3.63) is 0 Å². The van der Waals surface area contributed by atoms with E-state index in [1.807, 2.05) is 0 Å². The molecule has 0 rings (SSSR count). The number of hydrogen-bond donors (Lipinski definition) is 0. The van der Waals surface area contributed by atoms with Gasteiger partial charge >= 0.3 is 41.9 Å². The Morgan fingerprint density at radius 1 is 0.667 bits per heavy atom. The largest absolute Gasteiger partial charge is 2.00 e. The van der Waals surface area contributed by atoms with Crippen molar-refractivity contribution in [3.63, 3.8) is 0 Å². The Morgan fingerprint density at radius 3 is 1.17 bits per heavy atom. The van der Waals surface area contributed by atoms with Gasteiger partial charge in [0, 0.05) is 0 Å². The van der Waals surface area contributed by atoms with Crippen LogP contribution in [-0.2, 0) is 0 Å². The summed E-state index contributed by atoms with van der Waals surface area (Å²) < 4.78 is 0. The Hall–Kier alpha value is 1.36. The predicted octanol–water partition coefficient (Wildman–Crippen LogP) is 1.11. The number of rotatable bonds is 7. The second-order valence-corrected chi connectivity index (χ2v) is 3.12. The van der Waals surface area contributed by atoms with E-state index in [0.717, 1.165) is 0 Å². The van der Waals surface area contributed by atoms with Gasteiger partial charge in [0.1, 0.15) is 0 Å². The Bertz CT molecular complexity index is 60.6. The topological polar surface area (TPSA) is 0 Å². The van der Waals surface area contributed by atoms with E-state index in [1.165, 1.54) is 51.4 Å². The molecule has 68 valence electrons. The predicted molar refractivity (Wildman–Crippen MR) is 57.4 cm³/mol. The first-order valence-corrected chi connectivity index (χ1v) is 4.91. The van der Waals surface area contributed by atoms with Crippen LogP contribution in [0.3, 0.4) is 0 Å². The van der Waals surface area contributed by atoms with Crippen LogP contribution in [0.15, 0.2) is 0 Å². The molecule has 0 aromatic carbocycles. The van der Waals surface area contributed by atoms with E-state index in [-0.39, 0.29) is 46.2 Å². The van der Waals surface area contributed by atoms with Gasteiger partial charge in [-0.25, -0.2) is 0 Å². The van der Waals surface area contributed by atoms with Crippen LogP contribution in [0.2, 0.25) is 0 Å². The monoisotopic (exact) mass is 176 g/mol. The minimum atomic E-state index is 0. The van der Waals surface area contributed by atoms with Gasteiger partial charge in [-0.15, -0.1) is 0 Å². The van der Waals surface area contributed by atoms with Crippen LogP contribution in [0, 0.1) is 0 Å². The van der Waals surface area contributed by atoms with E-state index in [4.69, 9.17) is 0 Å². The number of unbranched alkanes of at least 4 members (excludes halogenated alkanes) is 7. The molecule has 0 saturated heterocycles. The summed E-state index contributed by atoms with van der Waals surface area (Å²) in [5.41, 5.74) is 0. The molecule has 0 amide bonds. The smallest absolute Gasteiger partial charge is 1.00 e. The van der Waals surface area contributed by atoms with Gasteiger partial charge in [0.05, 0.1) is 0 Å². The molecule has 0 N–H and O–H groups in total. The standard InChI is InChI=1S/C10H22.Li.Mg.3H/c1-3-5-7-9-10-8-6-4-2;;;;;/h3-10H2,1-2H3;;;;;/q;+1;+2;3*-1. The third kappa shape index (κ3) is 17.4. The van der Waals surface area contributed by atoms with Crippen molar-refractivity contribution in [2.24, 2.45) is 0 Å². The van der Waals surface area contributed by atoms with Crippen molar-refractivity contribution in [2.45, 2.75) is 65.2 Å². The van der Waals surface area contributed by atoms with Crippen LogP contribution < -0.4 is 18.9 Å². The molecular formula is C10H25LiMg. The van der Waals surface area contributed by atoms with Crippen LogP contribution in [0.4, 0.5) is 0 Å². The Kier molecular flexibility index (Phi) is 28.9. The maximum Gasteiger partial charge on any atom is 2.00 e. The summed E-state index contributed by atoms with van der Waals surface area (Å²) in [5, 5.41) is 0. The third-order valence-electron chi connectivity index (χ3n) is 1.96. The van der Waals surface area contributed by atoms with Crippen LogP contribution in [0.5, 0.6) is 0 Å². The van der Waals surface area contributed by atoms with Crippen molar-refractivity contribution in [1.82, 2.24) is 0 Å². The molecule has 12 heavy (non-hydrogen) atoms. The van der Waals surface area contributed by atoms with Crippen molar-refractivity contribution in [1.29, 1.82) is 0 Å². The van der Waals surface area contributed by atoms with Gasteiger partial charge in [0.2, 0.25) is 0 Å². The molecule has 0 aliphatic rings. The minimum absolute atomic E-state index is 0. The fraction of sp³-hybridized carbons (Fsp3) is 1.00. The molecule has 2 heteroatoms. The molecular weight excluding hydrogens is 151 g/mol. The Balaban J connectivity index is -0.0000000405. The van der Waals surface area contributed by atoms with Crippen LogP contribution in [0.1, 0.15) is 69.5 Å².